The van der Waals surface area contributed by atoms with Gasteiger partial charge < -0.3 is 9.64 Å². The number of hydrogen-bond donors (Lipinski definition) is 0. The molecule has 5 heteroatoms. The van der Waals surface area contributed by atoms with Crippen LogP contribution in [0.4, 0.5) is 4.39 Å². The Morgan fingerprint density at radius 3 is 2.31 bits per heavy atom. The highest BCUT2D eigenvalue weighted by atomic mass is 19.1. The van der Waals surface area contributed by atoms with E-state index in [4.69, 9.17) is 4.74 Å². The smallest absolute Gasteiger partial charge is 0.162 e. The van der Waals surface area contributed by atoms with Gasteiger partial charge in [0.1, 0.15) is 18.2 Å². The van der Waals surface area contributed by atoms with Crippen LogP contribution in [0.1, 0.15) is 34.3 Å². The fourth-order valence-electron chi connectivity index (χ4n) is 3.65. The fourth-order valence-corrected chi connectivity index (χ4v) is 3.65. The topological polar surface area (TPSA) is 32.8 Å². The average Bonchev–Trinajstić information content (AvgIpc) is 2.73. The summed E-state index contributed by atoms with van der Waals surface area (Å²) in [6, 6.07) is 12.0. The Bertz CT molecular complexity index is 799. The van der Waals surface area contributed by atoms with E-state index in [0.717, 1.165) is 51.4 Å². The van der Waals surface area contributed by atoms with E-state index in [1.807, 2.05) is 12.1 Å². The number of nitrogens with zero attached hydrogens (tertiary/aromatic N) is 2. The second kappa shape index (κ2) is 10.5. The van der Waals surface area contributed by atoms with Crippen molar-refractivity contribution in [1.29, 1.82) is 0 Å². The predicted octanol–water partition coefficient (Wildman–Crippen LogP) is 4.10. The third-order valence-corrected chi connectivity index (χ3v) is 5.73. The Morgan fingerprint density at radius 2 is 1.62 bits per heavy atom. The number of halogens is 1. The van der Waals surface area contributed by atoms with Crippen molar-refractivity contribution in [2.75, 3.05) is 45.9 Å². The maximum absolute atomic E-state index is 12.9. The molecule has 0 amide bonds. The van der Waals surface area contributed by atoms with Crippen molar-refractivity contribution in [3.63, 3.8) is 0 Å². The molecule has 0 saturated carbocycles. The molecule has 2 aromatic carbocycles. The quantitative estimate of drug-likeness (QED) is 0.596. The summed E-state index contributed by atoms with van der Waals surface area (Å²) >= 11 is 0. The number of piperazine rings is 1. The monoisotopic (exact) mass is 398 g/mol. The van der Waals surface area contributed by atoms with Crippen LogP contribution < -0.4 is 4.74 Å². The molecule has 0 aliphatic carbocycles. The molecule has 0 aromatic heterocycles. The lowest BCUT2D eigenvalue weighted by molar-refractivity contribution is 0.0953. The van der Waals surface area contributed by atoms with Crippen LogP contribution in [0, 0.1) is 19.7 Å². The Kier molecular flexibility index (Phi) is 7.78. The Morgan fingerprint density at radius 1 is 0.966 bits per heavy atom. The molecule has 0 unspecified atom stereocenters. The first kappa shape index (κ1) is 21.5. The van der Waals surface area contributed by atoms with Gasteiger partial charge in [-0.3, -0.25) is 9.69 Å². The molecular weight excluding hydrogens is 367 g/mol. The zero-order chi connectivity index (χ0) is 20.6. The van der Waals surface area contributed by atoms with Gasteiger partial charge in [-0.25, -0.2) is 4.39 Å². The summed E-state index contributed by atoms with van der Waals surface area (Å²) < 4.78 is 18.9. The molecule has 1 aliphatic rings. The second-order valence-corrected chi connectivity index (χ2v) is 7.76. The number of ketones is 1. The van der Waals surface area contributed by atoms with Gasteiger partial charge in [0.25, 0.3) is 0 Å². The summed E-state index contributed by atoms with van der Waals surface area (Å²) in [6.07, 6.45) is 1.35. The van der Waals surface area contributed by atoms with Crippen LogP contribution in [-0.2, 0) is 0 Å². The lowest BCUT2D eigenvalue weighted by Crippen LogP contribution is -2.47. The minimum Gasteiger partial charge on any atom is -0.492 e. The minimum atomic E-state index is -0.307. The van der Waals surface area contributed by atoms with Gasteiger partial charge in [0, 0.05) is 44.7 Å². The van der Waals surface area contributed by atoms with Crippen molar-refractivity contribution in [2.24, 2.45) is 0 Å². The number of aryl methyl sites for hydroxylation is 1. The average molecular weight is 399 g/mol. The highest BCUT2D eigenvalue weighted by molar-refractivity contribution is 5.95. The SMILES string of the molecule is Cc1cccc(OCCN2CCN(CCCC(=O)c3ccc(F)cc3)CC2)c1C. The number of rotatable bonds is 9. The van der Waals surface area contributed by atoms with E-state index in [9.17, 15) is 9.18 Å². The standard InChI is InChI=1S/C24H31FN2O2/c1-19-5-3-7-24(20(19)2)29-18-17-27-15-13-26(14-16-27)12-4-6-23(28)21-8-10-22(25)11-9-21/h3,5,7-11H,4,6,12-18H2,1-2H3. The summed E-state index contributed by atoms with van der Waals surface area (Å²) in [4.78, 5) is 17.0. The van der Waals surface area contributed by atoms with Crippen LogP contribution in [0.2, 0.25) is 0 Å². The maximum Gasteiger partial charge on any atom is 0.162 e. The first-order chi connectivity index (χ1) is 14.0. The number of Topliss-reactive ketones (excluding diaryl/α,β-unsaturated/α-hetero) is 1. The van der Waals surface area contributed by atoms with E-state index in [1.54, 1.807) is 12.1 Å². The molecule has 1 heterocycles. The maximum atomic E-state index is 12.9. The van der Waals surface area contributed by atoms with E-state index in [1.165, 1.54) is 23.3 Å². The molecule has 156 valence electrons. The lowest BCUT2D eigenvalue weighted by atomic mass is 10.1. The third-order valence-electron chi connectivity index (χ3n) is 5.73. The van der Waals surface area contributed by atoms with Gasteiger partial charge in [-0.05, 0) is 68.3 Å². The molecule has 2 aromatic rings. The zero-order valence-corrected chi connectivity index (χ0v) is 17.5. The van der Waals surface area contributed by atoms with Gasteiger partial charge in [-0.2, -0.15) is 0 Å². The van der Waals surface area contributed by atoms with Crippen molar-refractivity contribution < 1.29 is 13.9 Å². The second-order valence-electron chi connectivity index (χ2n) is 7.76. The minimum absolute atomic E-state index is 0.0900. The zero-order valence-electron chi connectivity index (χ0n) is 17.5. The lowest BCUT2D eigenvalue weighted by Gasteiger charge is -2.34. The van der Waals surface area contributed by atoms with Crippen LogP contribution >= 0.6 is 0 Å². The summed E-state index contributed by atoms with van der Waals surface area (Å²) in [5, 5.41) is 0. The molecule has 0 N–H and O–H groups in total. The number of ether oxygens (including phenoxy) is 1. The van der Waals surface area contributed by atoms with Crippen molar-refractivity contribution in [2.45, 2.75) is 26.7 Å². The Balaban J connectivity index is 1.30. The summed E-state index contributed by atoms with van der Waals surface area (Å²) in [5.41, 5.74) is 3.07. The third kappa shape index (κ3) is 6.38. The molecular formula is C24H31FN2O2. The van der Waals surface area contributed by atoms with Crippen LogP contribution in [-0.4, -0.2) is 61.5 Å². The van der Waals surface area contributed by atoms with E-state index < -0.39 is 0 Å². The normalized spacial score (nSPS) is 15.4. The van der Waals surface area contributed by atoms with Crippen molar-refractivity contribution in [3.8, 4) is 5.75 Å². The van der Waals surface area contributed by atoms with Gasteiger partial charge in [0.05, 0.1) is 0 Å². The van der Waals surface area contributed by atoms with Crippen LogP contribution in [0.15, 0.2) is 42.5 Å². The van der Waals surface area contributed by atoms with Crippen LogP contribution in [0.5, 0.6) is 5.75 Å². The van der Waals surface area contributed by atoms with E-state index in [2.05, 4.69) is 29.7 Å². The van der Waals surface area contributed by atoms with Crippen molar-refractivity contribution in [3.05, 3.63) is 65.0 Å². The van der Waals surface area contributed by atoms with E-state index in [0.29, 0.717) is 18.6 Å². The molecule has 4 nitrogen and oxygen atoms in total. The highest BCUT2D eigenvalue weighted by Gasteiger charge is 2.17. The number of carbonyl (C=O) groups is 1. The molecule has 0 bridgehead atoms. The molecule has 29 heavy (non-hydrogen) atoms. The van der Waals surface area contributed by atoms with Crippen LogP contribution in [0.3, 0.4) is 0 Å². The summed E-state index contributed by atoms with van der Waals surface area (Å²) in [7, 11) is 0. The largest absolute Gasteiger partial charge is 0.492 e. The Labute approximate surface area is 173 Å². The number of hydrogen-bond acceptors (Lipinski definition) is 4. The van der Waals surface area contributed by atoms with Gasteiger partial charge in [-0.15, -0.1) is 0 Å². The molecule has 0 radical (unpaired) electrons. The molecule has 0 spiro atoms. The van der Waals surface area contributed by atoms with Gasteiger partial charge in [-0.1, -0.05) is 12.1 Å². The predicted molar refractivity (Wildman–Crippen MR) is 114 cm³/mol. The van der Waals surface area contributed by atoms with Crippen LogP contribution in [0.25, 0.3) is 0 Å². The van der Waals surface area contributed by atoms with Crippen molar-refractivity contribution in [1.82, 2.24) is 9.80 Å². The number of carbonyl (C=O) groups excluding carboxylic acids is 1. The highest BCUT2D eigenvalue weighted by Crippen LogP contribution is 2.20. The van der Waals surface area contributed by atoms with E-state index in [-0.39, 0.29) is 11.6 Å². The summed E-state index contributed by atoms with van der Waals surface area (Å²) in [6.45, 7) is 10.9. The van der Waals surface area contributed by atoms with Crippen molar-refractivity contribution >= 4 is 5.78 Å². The van der Waals surface area contributed by atoms with E-state index >= 15 is 0 Å². The molecule has 0 atom stereocenters. The van der Waals surface area contributed by atoms with Gasteiger partial charge in [0.15, 0.2) is 5.78 Å². The fraction of sp³-hybridized carbons (Fsp3) is 0.458. The van der Waals surface area contributed by atoms with Gasteiger partial charge in [0.2, 0.25) is 0 Å². The molecule has 1 aliphatic heterocycles. The van der Waals surface area contributed by atoms with Gasteiger partial charge >= 0.3 is 0 Å². The molecule has 3 rings (SSSR count). The number of benzene rings is 2. The first-order valence-corrected chi connectivity index (χ1v) is 10.5. The first-order valence-electron chi connectivity index (χ1n) is 10.5. The Hall–Kier alpha value is -2.24. The molecule has 1 saturated heterocycles. The summed E-state index contributed by atoms with van der Waals surface area (Å²) in [5.74, 6) is 0.764. The molecule has 1 fully saturated rings.